The second-order valence-electron chi connectivity index (χ2n) is 3.41. The van der Waals surface area contributed by atoms with Crippen molar-refractivity contribution in [2.45, 2.75) is 13.3 Å². The summed E-state index contributed by atoms with van der Waals surface area (Å²) in [5.41, 5.74) is 1.83. The predicted octanol–water partition coefficient (Wildman–Crippen LogP) is 0.923. The van der Waals surface area contributed by atoms with Crippen LogP contribution < -0.4 is 10.4 Å². The summed E-state index contributed by atoms with van der Waals surface area (Å²) in [5, 5.41) is 12.6. The lowest BCUT2D eigenvalue weighted by atomic mass is 10.1. The minimum Gasteiger partial charge on any atom is -0.326 e. The van der Waals surface area contributed by atoms with E-state index in [9.17, 15) is 14.8 Å². The van der Waals surface area contributed by atoms with Gasteiger partial charge in [-0.05, 0) is 23.8 Å². The fourth-order valence-electron chi connectivity index (χ4n) is 1.59. The van der Waals surface area contributed by atoms with Gasteiger partial charge in [-0.15, -0.1) is 0 Å². The molecule has 0 atom stereocenters. The highest BCUT2D eigenvalue weighted by Gasteiger charge is 2.25. The molecular formula is C10H10N2O3. The second kappa shape index (κ2) is 3.36. The number of hydrogen-bond acceptors (Lipinski definition) is 3. The van der Waals surface area contributed by atoms with Crippen LogP contribution in [0.15, 0.2) is 18.2 Å². The lowest BCUT2D eigenvalue weighted by Crippen LogP contribution is -2.21. The summed E-state index contributed by atoms with van der Waals surface area (Å²) in [6, 6.07) is 4.93. The number of hydrogen-bond donors (Lipinski definition) is 2. The molecule has 1 aliphatic rings. The number of carbonyl (C=O) groups excluding carboxylic acids is 2. The Kier molecular flexibility index (Phi) is 2.17. The number of fused-ring (bicyclic) bond motifs is 1. The normalized spacial score (nSPS) is 14.0. The van der Waals surface area contributed by atoms with Crippen LogP contribution >= 0.6 is 0 Å². The highest BCUT2D eigenvalue weighted by atomic mass is 16.5. The standard InChI is InChI=1S/C10H10N2O3/c1-6(13)11-8-2-3-9-7(4-8)5-10(14)12(9)15/h2-4,15H,5H2,1H3,(H,11,13). The van der Waals surface area contributed by atoms with E-state index in [-0.39, 0.29) is 18.2 Å². The third-order valence-electron chi connectivity index (χ3n) is 2.21. The van der Waals surface area contributed by atoms with E-state index < -0.39 is 0 Å². The lowest BCUT2D eigenvalue weighted by Gasteiger charge is -2.08. The number of rotatable bonds is 1. The number of nitrogens with one attached hydrogen (secondary N) is 1. The Morgan fingerprint density at radius 2 is 2.27 bits per heavy atom. The molecule has 2 N–H and O–H groups in total. The molecule has 1 aromatic carbocycles. The molecule has 15 heavy (non-hydrogen) atoms. The third-order valence-corrected chi connectivity index (χ3v) is 2.21. The molecule has 0 aromatic heterocycles. The number of hydroxylamine groups is 1. The molecule has 1 aromatic rings. The van der Waals surface area contributed by atoms with Crippen molar-refractivity contribution in [1.82, 2.24) is 0 Å². The van der Waals surface area contributed by atoms with Crippen molar-refractivity contribution in [1.29, 1.82) is 0 Å². The Morgan fingerprint density at radius 1 is 1.53 bits per heavy atom. The average Bonchev–Trinajstić information content (AvgIpc) is 2.41. The molecule has 0 saturated heterocycles. The van der Waals surface area contributed by atoms with Crippen molar-refractivity contribution in [3.63, 3.8) is 0 Å². The maximum Gasteiger partial charge on any atom is 0.255 e. The van der Waals surface area contributed by atoms with Gasteiger partial charge in [0.05, 0.1) is 12.1 Å². The van der Waals surface area contributed by atoms with Crippen LogP contribution in [-0.4, -0.2) is 17.0 Å². The maximum absolute atomic E-state index is 11.2. The van der Waals surface area contributed by atoms with Crippen molar-refractivity contribution in [3.8, 4) is 0 Å². The maximum atomic E-state index is 11.2. The monoisotopic (exact) mass is 206 g/mol. The van der Waals surface area contributed by atoms with Gasteiger partial charge in [0.1, 0.15) is 0 Å². The van der Waals surface area contributed by atoms with Crippen LogP contribution in [-0.2, 0) is 16.0 Å². The molecule has 0 aliphatic carbocycles. The van der Waals surface area contributed by atoms with Gasteiger partial charge in [-0.2, -0.15) is 5.06 Å². The van der Waals surface area contributed by atoms with Crippen LogP contribution in [0.3, 0.4) is 0 Å². The Labute approximate surface area is 86.3 Å². The van der Waals surface area contributed by atoms with E-state index in [0.717, 1.165) is 0 Å². The van der Waals surface area contributed by atoms with Gasteiger partial charge in [0, 0.05) is 12.6 Å². The first kappa shape index (κ1) is 9.67. The van der Waals surface area contributed by atoms with Crippen LogP contribution in [0, 0.1) is 0 Å². The number of anilines is 2. The minimum atomic E-state index is -0.357. The molecule has 0 fully saturated rings. The highest BCUT2D eigenvalue weighted by molar-refractivity contribution is 6.00. The molecule has 2 amide bonds. The van der Waals surface area contributed by atoms with Crippen LogP contribution in [0.4, 0.5) is 11.4 Å². The Balaban J connectivity index is 2.33. The fraction of sp³-hybridized carbons (Fsp3) is 0.200. The fourth-order valence-corrected chi connectivity index (χ4v) is 1.59. The largest absolute Gasteiger partial charge is 0.326 e. The summed E-state index contributed by atoms with van der Waals surface area (Å²) >= 11 is 0. The lowest BCUT2D eigenvalue weighted by molar-refractivity contribution is -0.122. The molecule has 1 heterocycles. The topological polar surface area (TPSA) is 69.6 Å². The molecular weight excluding hydrogens is 196 g/mol. The van der Waals surface area contributed by atoms with Gasteiger partial charge in [-0.3, -0.25) is 14.8 Å². The molecule has 2 rings (SSSR count). The van der Waals surface area contributed by atoms with Crippen molar-refractivity contribution >= 4 is 23.2 Å². The van der Waals surface area contributed by atoms with E-state index in [1.807, 2.05) is 0 Å². The first-order chi connectivity index (χ1) is 7.08. The quantitative estimate of drug-likeness (QED) is 0.671. The predicted molar refractivity (Wildman–Crippen MR) is 53.7 cm³/mol. The van der Waals surface area contributed by atoms with Gasteiger partial charge < -0.3 is 5.32 Å². The molecule has 0 unspecified atom stereocenters. The van der Waals surface area contributed by atoms with Crippen LogP contribution in [0.2, 0.25) is 0 Å². The van der Waals surface area contributed by atoms with Gasteiger partial charge in [0.15, 0.2) is 0 Å². The molecule has 1 aliphatic heterocycles. The van der Waals surface area contributed by atoms with E-state index in [2.05, 4.69) is 5.32 Å². The van der Waals surface area contributed by atoms with Crippen molar-refractivity contribution in [2.75, 3.05) is 10.4 Å². The van der Waals surface area contributed by atoms with Gasteiger partial charge in [-0.1, -0.05) is 0 Å². The molecule has 5 heteroatoms. The summed E-state index contributed by atoms with van der Waals surface area (Å²) in [7, 11) is 0. The van der Waals surface area contributed by atoms with E-state index in [1.54, 1.807) is 18.2 Å². The molecule has 5 nitrogen and oxygen atoms in total. The molecule has 0 bridgehead atoms. The molecule has 78 valence electrons. The number of carbonyl (C=O) groups is 2. The Bertz CT molecular complexity index is 442. The van der Waals surface area contributed by atoms with Crippen LogP contribution in [0.1, 0.15) is 12.5 Å². The summed E-state index contributed by atoms with van der Waals surface area (Å²) < 4.78 is 0. The number of benzene rings is 1. The average molecular weight is 206 g/mol. The van der Waals surface area contributed by atoms with Crippen molar-refractivity contribution < 1.29 is 14.8 Å². The molecule has 0 spiro atoms. The number of nitrogens with zero attached hydrogens (tertiary/aromatic N) is 1. The van der Waals surface area contributed by atoms with Gasteiger partial charge in [0.2, 0.25) is 5.91 Å². The second-order valence-corrected chi connectivity index (χ2v) is 3.41. The van der Waals surface area contributed by atoms with Crippen molar-refractivity contribution in [2.24, 2.45) is 0 Å². The van der Waals surface area contributed by atoms with Crippen LogP contribution in [0.5, 0.6) is 0 Å². The van der Waals surface area contributed by atoms with Gasteiger partial charge >= 0.3 is 0 Å². The summed E-state index contributed by atoms with van der Waals surface area (Å²) in [5.74, 6) is -0.523. The third kappa shape index (κ3) is 1.69. The van der Waals surface area contributed by atoms with E-state index in [1.165, 1.54) is 6.92 Å². The summed E-state index contributed by atoms with van der Waals surface area (Å²) in [4.78, 5) is 22.0. The summed E-state index contributed by atoms with van der Waals surface area (Å²) in [6.07, 6.45) is 0.166. The number of amides is 2. The Morgan fingerprint density at radius 3 is 2.93 bits per heavy atom. The zero-order valence-electron chi connectivity index (χ0n) is 8.15. The Hall–Kier alpha value is -1.88. The van der Waals surface area contributed by atoms with Crippen LogP contribution in [0.25, 0.3) is 0 Å². The summed E-state index contributed by atoms with van der Waals surface area (Å²) in [6.45, 7) is 1.41. The minimum absolute atomic E-state index is 0.166. The van der Waals surface area contributed by atoms with E-state index in [0.29, 0.717) is 22.0 Å². The van der Waals surface area contributed by atoms with E-state index >= 15 is 0 Å². The SMILES string of the molecule is CC(=O)Nc1ccc2c(c1)CC(=O)N2O. The molecule has 0 saturated carbocycles. The zero-order valence-corrected chi connectivity index (χ0v) is 8.15. The zero-order chi connectivity index (χ0) is 11.0. The van der Waals surface area contributed by atoms with Gasteiger partial charge in [-0.25, -0.2) is 0 Å². The van der Waals surface area contributed by atoms with Crippen molar-refractivity contribution in [3.05, 3.63) is 23.8 Å². The smallest absolute Gasteiger partial charge is 0.255 e. The van der Waals surface area contributed by atoms with E-state index in [4.69, 9.17) is 0 Å². The first-order valence-corrected chi connectivity index (χ1v) is 4.50. The highest BCUT2D eigenvalue weighted by Crippen LogP contribution is 2.29. The molecule has 0 radical (unpaired) electrons. The van der Waals surface area contributed by atoms with Gasteiger partial charge in [0.25, 0.3) is 5.91 Å². The first-order valence-electron chi connectivity index (χ1n) is 4.50.